The number of amides is 2. The number of hydrogen-bond donors (Lipinski definition) is 0. The molecule has 0 bridgehead atoms. The molecule has 2 amide bonds. The van der Waals surface area contributed by atoms with Crippen LogP contribution < -0.4 is 0 Å². The fraction of sp³-hybridized carbons (Fsp3) is 0.500. The van der Waals surface area contributed by atoms with Crippen LogP contribution in [0, 0.1) is 0 Å². The van der Waals surface area contributed by atoms with E-state index in [4.69, 9.17) is 0 Å². The predicted molar refractivity (Wildman–Crippen MR) is 65.3 cm³/mol. The Bertz CT molecular complexity index is 374. The molecular formula is C12H17F3N2O2. The van der Waals surface area contributed by atoms with Crippen molar-refractivity contribution in [3.8, 4) is 0 Å². The molecule has 0 aliphatic carbocycles. The van der Waals surface area contributed by atoms with Gasteiger partial charge >= 0.3 is 6.18 Å². The largest absolute Gasteiger partial charge is 0.406 e. The molecule has 0 saturated heterocycles. The molecule has 0 atom stereocenters. The third-order valence-electron chi connectivity index (χ3n) is 2.05. The third-order valence-corrected chi connectivity index (χ3v) is 2.05. The van der Waals surface area contributed by atoms with Gasteiger partial charge < -0.3 is 9.80 Å². The summed E-state index contributed by atoms with van der Waals surface area (Å²) < 4.78 is 37.0. The lowest BCUT2D eigenvalue weighted by atomic mass is 10.3. The number of likely N-dealkylation sites (N-methyl/N-ethyl adjacent to an activating group) is 1. The van der Waals surface area contributed by atoms with Crippen molar-refractivity contribution in [2.75, 3.05) is 27.2 Å². The van der Waals surface area contributed by atoms with E-state index in [-0.39, 0.29) is 0 Å². The van der Waals surface area contributed by atoms with Crippen LogP contribution in [-0.4, -0.2) is 55.0 Å². The summed E-state index contributed by atoms with van der Waals surface area (Å²) in [4.78, 5) is 24.6. The summed E-state index contributed by atoms with van der Waals surface area (Å²) in [5, 5.41) is 0. The molecule has 0 radical (unpaired) electrons. The molecule has 0 aliphatic heterocycles. The second kappa shape index (κ2) is 7.60. The third kappa shape index (κ3) is 8.01. The summed E-state index contributed by atoms with van der Waals surface area (Å²) in [6, 6.07) is 0. The lowest BCUT2D eigenvalue weighted by Gasteiger charge is -2.23. The number of alkyl halides is 3. The molecule has 0 aliphatic rings. The molecule has 0 N–H and O–H groups in total. The second-order valence-corrected chi connectivity index (χ2v) is 3.98. The lowest BCUT2D eigenvalue weighted by molar-refractivity contribution is -0.161. The number of carbonyl (C=O) groups excluding carboxylic acids is 2. The van der Waals surface area contributed by atoms with Crippen molar-refractivity contribution in [1.82, 2.24) is 9.80 Å². The van der Waals surface area contributed by atoms with Crippen molar-refractivity contribution in [2.45, 2.75) is 13.1 Å². The van der Waals surface area contributed by atoms with Crippen LogP contribution in [0.2, 0.25) is 0 Å². The summed E-state index contributed by atoms with van der Waals surface area (Å²) in [5.74, 6) is -1.43. The fourth-order valence-electron chi connectivity index (χ4n) is 1.09. The molecule has 0 fully saturated rings. The van der Waals surface area contributed by atoms with Gasteiger partial charge in [-0.3, -0.25) is 9.59 Å². The first-order valence-corrected chi connectivity index (χ1v) is 5.52. The van der Waals surface area contributed by atoms with Crippen LogP contribution in [0.3, 0.4) is 0 Å². The molecule has 0 heterocycles. The number of rotatable bonds is 5. The first-order valence-electron chi connectivity index (χ1n) is 5.52. The van der Waals surface area contributed by atoms with Crippen molar-refractivity contribution >= 4 is 11.8 Å². The minimum Gasteiger partial charge on any atom is -0.347 e. The van der Waals surface area contributed by atoms with Crippen molar-refractivity contribution in [3.05, 3.63) is 24.3 Å². The van der Waals surface area contributed by atoms with Crippen LogP contribution in [0.15, 0.2) is 24.3 Å². The standard InChI is InChI=1S/C12H17F3N2O2/c1-4-5-6-7-10(18)17(9-12(13,14)15)8-11(19)16(2)3/h4-7H,8-9H2,1-3H3/b5-4+,7-6?. The molecule has 108 valence electrons. The van der Waals surface area contributed by atoms with Crippen molar-refractivity contribution < 1.29 is 22.8 Å². The Morgan fingerprint density at radius 1 is 1.16 bits per heavy atom. The fourth-order valence-corrected chi connectivity index (χ4v) is 1.09. The van der Waals surface area contributed by atoms with E-state index < -0.39 is 31.1 Å². The summed E-state index contributed by atoms with van der Waals surface area (Å²) >= 11 is 0. The Labute approximate surface area is 110 Å². The lowest BCUT2D eigenvalue weighted by Crippen LogP contribution is -2.44. The average molecular weight is 278 g/mol. The first kappa shape index (κ1) is 17.2. The number of nitrogens with zero attached hydrogens (tertiary/aromatic N) is 2. The van der Waals surface area contributed by atoms with E-state index in [1.165, 1.54) is 26.2 Å². The van der Waals surface area contributed by atoms with Gasteiger partial charge in [0.1, 0.15) is 13.1 Å². The highest BCUT2D eigenvalue weighted by molar-refractivity contribution is 5.91. The monoisotopic (exact) mass is 278 g/mol. The molecule has 7 heteroatoms. The van der Waals surface area contributed by atoms with Gasteiger partial charge in [-0.25, -0.2) is 0 Å². The number of carbonyl (C=O) groups is 2. The van der Waals surface area contributed by atoms with Gasteiger partial charge in [0.15, 0.2) is 0 Å². The summed E-state index contributed by atoms with van der Waals surface area (Å²) in [6.07, 6.45) is 0.914. The second-order valence-electron chi connectivity index (χ2n) is 3.98. The summed E-state index contributed by atoms with van der Waals surface area (Å²) in [5.41, 5.74) is 0. The maximum Gasteiger partial charge on any atom is 0.406 e. The highest BCUT2D eigenvalue weighted by atomic mass is 19.4. The number of halogens is 3. The van der Waals surface area contributed by atoms with Gasteiger partial charge in [0, 0.05) is 20.2 Å². The first-order chi connectivity index (χ1) is 8.67. The maximum atomic E-state index is 12.3. The predicted octanol–water partition coefficient (Wildman–Crippen LogP) is 1.60. The number of hydrogen-bond acceptors (Lipinski definition) is 2. The SMILES string of the molecule is C/C=C/C=CC(=O)N(CC(=O)N(C)C)CC(F)(F)F. The molecule has 19 heavy (non-hydrogen) atoms. The Kier molecular flexibility index (Phi) is 6.89. The quantitative estimate of drug-likeness (QED) is 0.566. The molecule has 0 saturated carbocycles. The van der Waals surface area contributed by atoms with Crippen molar-refractivity contribution in [2.24, 2.45) is 0 Å². The molecule has 0 aromatic rings. The van der Waals surface area contributed by atoms with Gasteiger partial charge in [-0.05, 0) is 6.92 Å². The Hall–Kier alpha value is -1.79. The van der Waals surface area contributed by atoms with E-state index >= 15 is 0 Å². The maximum absolute atomic E-state index is 12.3. The average Bonchev–Trinajstić information content (AvgIpc) is 2.26. The molecule has 0 rings (SSSR count). The topological polar surface area (TPSA) is 40.6 Å². The summed E-state index contributed by atoms with van der Waals surface area (Å²) in [6.45, 7) is -0.352. The van der Waals surface area contributed by atoms with Gasteiger partial charge in [-0.15, -0.1) is 0 Å². The van der Waals surface area contributed by atoms with Crippen molar-refractivity contribution in [3.63, 3.8) is 0 Å². The van der Waals surface area contributed by atoms with Gasteiger partial charge in [-0.2, -0.15) is 13.2 Å². The van der Waals surface area contributed by atoms with Crippen LogP contribution in [-0.2, 0) is 9.59 Å². The normalized spacial score (nSPS) is 12.1. The smallest absolute Gasteiger partial charge is 0.347 e. The minimum atomic E-state index is -4.54. The van der Waals surface area contributed by atoms with E-state index in [1.807, 2.05) is 0 Å². The van der Waals surface area contributed by atoms with E-state index in [0.717, 1.165) is 11.0 Å². The zero-order valence-corrected chi connectivity index (χ0v) is 11.1. The van der Waals surface area contributed by atoms with E-state index in [9.17, 15) is 22.8 Å². The molecule has 0 aromatic heterocycles. The van der Waals surface area contributed by atoms with Crippen molar-refractivity contribution in [1.29, 1.82) is 0 Å². The molecule has 0 unspecified atom stereocenters. The molecule has 4 nitrogen and oxygen atoms in total. The van der Waals surface area contributed by atoms with E-state index in [1.54, 1.807) is 13.0 Å². The number of allylic oxidation sites excluding steroid dienone is 3. The van der Waals surface area contributed by atoms with Crippen LogP contribution in [0.25, 0.3) is 0 Å². The van der Waals surface area contributed by atoms with Gasteiger partial charge in [-0.1, -0.05) is 18.2 Å². The van der Waals surface area contributed by atoms with E-state index in [2.05, 4.69) is 0 Å². The van der Waals surface area contributed by atoms with Crippen LogP contribution >= 0.6 is 0 Å². The molecule has 0 spiro atoms. The zero-order valence-electron chi connectivity index (χ0n) is 11.1. The molecule has 0 aromatic carbocycles. The highest BCUT2D eigenvalue weighted by Crippen LogP contribution is 2.16. The van der Waals surface area contributed by atoms with Crippen LogP contribution in [0.1, 0.15) is 6.92 Å². The zero-order chi connectivity index (χ0) is 15.1. The Morgan fingerprint density at radius 2 is 1.74 bits per heavy atom. The van der Waals surface area contributed by atoms with Gasteiger partial charge in [0.25, 0.3) is 0 Å². The highest BCUT2D eigenvalue weighted by Gasteiger charge is 2.33. The Morgan fingerprint density at radius 3 is 2.16 bits per heavy atom. The minimum absolute atomic E-state index is 0.461. The van der Waals surface area contributed by atoms with E-state index in [0.29, 0.717) is 4.90 Å². The van der Waals surface area contributed by atoms with Crippen LogP contribution in [0.4, 0.5) is 13.2 Å². The van der Waals surface area contributed by atoms with Gasteiger partial charge in [0.2, 0.25) is 11.8 Å². The Balaban J connectivity index is 4.85. The molecular weight excluding hydrogens is 261 g/mol. The van der Waals surface area contributed by atoms with Crippen LogP contribution in [0.5, 0.6) is 0 Å². The summed E-state index contributed by atoms with van der Waals surface area (Å²) in [7, 11) is 2.82. The van der Waals surface area contributed by atoms with Gasteiger partial charge in [0.05, 0.1) is 0 Å².